The molecule has 0 saturated heterocycles. The zero-order valence-corrected chi connectivity index (χ0v) is 16.8. The first kappa shape index (κ1) is 19.7. The number of nitrogens with zero attached hydrogens (tertiary/aromatic N) is 2. The van der Waals surface area contributed by atoms with Crippen molar-refractivity contribution in [2.24, 2.45) is 16.8 Å². The number of benzene rings is 1. The summed E-state index contributed by atoms with van der Waals surface area (Å²) in [6, 6.07) is 10.7. The van der Waals surface area contributed by atoms with Gasteiger partial charge in [-0.2, -0.15) is 0 Å². The van der Waals surface area contributed by atoms with Gasteiger partial charge in [0.15, 0.2) is 0 Å². The molecule has 0 amide bonds. The minimum atomic E-state index is -0.254. The molecule has 0 spiro atoms. The van der Waals surface area contributed by atoms with E-state index in [0.717, 1.165) is 12.0 Å². The molecule has 6 nitrogen and oxygen atoms in total. The topological polar surface area (TPSA) is 60.4 Å². The molecule has 0 N–H and O–H groups in total. The average molecular weight is 374 g/mol. The largest absolute Gasteiger partial charge is 0.463 e. The first-order chi connectivity index (χ1) is 12.9. The van der Waals surface area contributed by atoms with Gasteiger partial charge in [-0.3, -0.25) is 4.79 Å². The summed E-state index contributed by atoms with van der Waals surface area (Å²) in [5, 5.41) is 0. The fraction of sp³-hybridized carbons (Fsp3) is 0.619. The van der Waals surface area contributed by atoms with Crippen LogP contribution in [0.25, 0.3) is 0 Å². The van der Waals surface area contributed by atoms with Gasteiger partial charge in [-0.05, 0) is 24.8 Å². The maximum absolute atomic E-state index is 11.5. The Bertz CT molecular complexity index is 676. The normalized spacial score (nSPS) is 30.7. The van der Waals surface area contributed by atoms with E-state index in [-0.39, 0.29) is 42.2 Å². The second-order valence-corrected chi connectivity index (χ2v) is 7.79. The summed E-state index contributed by atoms with van der Waals surface area (Å²) >= 11 is 0. The van der Waals surface area contributed by atoms with E-state index >= 15 is 0 Å². The Balaban J connectivity index is 1.79. The van der Waals surface area contributed by atoms with Gasteiger partial charge in [0.05, 0.1) is 12.7 Å². The van der Waals surface area contributed by atoms with Crippen LogP contribution in [0.1, 0.15) is 32.8 Å². The number of esters is 1. The van der Waals surface area contributed by atoms with Crippen molar-refractivity contribution in [2.75, 3.05) is 14.1 Å². The summed E-state index contributed by atoms with van der Waals surface area (Å²) in [5.41, 5.74) is 1.13. The molecule has 1 aliphatic heterocycles. The lowest BCUT2D eigenvalue weighted by Crippen LogP contribution is -2.51. The Kier molecular flexibility index (Phi) is 6.05. The molecule has 1 fully saturated rings. The highest BCUT2D eigenvalue weighted by molar-refractivity contribution is 5.75. The van der Waals surface area contributed by atoms with Crippen molar-refractivity contribution in [3.05, 3.63) is 35.9 Å². The van der Waals surface area contributed by atoms with Crippen LogP contribution >= 0.6 is 0 Å². The third-order valence-corrected chi connectivity index (χ3v) is 5.55. The number of amidine groups is 1. The first-order valence-electron chi connectivity index (χ1n) is 9.61. The molecular formula is C21H30N2O4. The van der Waals surface area contributed by atoms with Gasteiger partial charge in [0.25, 0.3) is 6.02 Å². The Hall–Kier alpha value is -2.08. The third-order valence-electron chi connectivity index (χ3n) is 5.55. The fourth-order valence-corrected chi connectivity index (χ4v) is 4.16. The second-order valence-electron chi connectivity index (χ2n) is 7.79. The average Bonchev–Trinajstić information content (AvgIpc) is 3.05. The molecule has 1 heterocycles. The van der Waals surface area contributed by atoms with Crippen molar-refractivity contribution in [1.82, 2.24) is 4.90 Å². The minimum Gasteiger partial charge on any atom is -0.463 e. The lowest BCUT2D eigenvalue weighted by atomic mass is 9.72. The van der Waals surface area contributed by atoms with E-state index in [4.69, 9.17) is 19.2 Å². The Morgan fingerprint density at radius 1 is 1.33 bits per heavy atom. The summed E-state index contributed by atoms with van der Waals surface area (Å²) in [6.07, 6.45) is 0.465. The number of ether oxygens (including phenoxy) is 3. The van der Waals surface area contributed by atoms with Crippen LogP contribution in [0.2, 0.25) is 0 Å². The van der Waals surface area contributed by atoms with Crippen LogP contribution in [-0.2, 0) is 25.6 Å². The molecule has 1 aromatic carbocycles. The highest BCUT2D eigenvalue weighted by Gasteiger charge is 2.50. The Morgan fingerprint density at radius 3 is 2.67 bits per heavy atom. The fourth-order valence-electron chi connectivity index (χ4n) is 4.16. The number of hydrogen-bond donors (Lipinski definition) is 0. The number of aliphatic imine (C=N–C) groups is 1. The summed E-state index contributed by atoms with van der Waals surface area (Å²) in [6.45, 7) is 6.11. The smallest absolute Gasteiger partial charge is 0.302 e. The zero-order chi connectivity index (χ0) is 19.6. The summed E-state index contributed by atoms with van der Waals surface area (Å²) in [7, 11) is 3.86. The van der Waals surface area contributed by atoms with Crippen LogP contribution in [0.15, 0.2) is 35.3 Å². The van der Waals surface area contributed by atoms with Crippen molar-refractivity contribution in [2.45, 2.75) is 58.2 Å². The number of rotatable bonds is 5. The first-order valence-corrected chi connectivity index (χ1v) is 9.61. The monoisotopic (exact) mass is 374 g/mol. The van der Waals surface area contributed by atoms with Crippen molar-refractivity contribution in [1.29, 1.82) is 0 Å². The Labute approximate surface area is 161 Å². The molecule has 2 aliphatic rings. The van der Waals surface area contributed by atoms with Crippen LogP contribution < -0.4 is 0 Å². The van der Waals surface area contributed by atoms with Crippen molar-refractivity contribution in [3.63, 3.8) is 0 Å². The molecule has 1 unspecified atom stereocenters. The van der Waals surface area contributed by atoms with E-state index in [1.165, 1.54) is 6.92 Å². The molecule has 6 atom stereocenters. The molecule has 1 aliphatic carbocycles. The van der Waals surface area contributed by atoms with Crippen LogP contribution in [0.3, 0.4) is 0 Å². The van der Waals surface area contributed by atoms with Gasteiger partial charge in [0.1, 0.15) is 18.2 Å². The van der Waals surface area contributed by atoms with E-state index < -0.39 is 0 Å². The van der Waals surface area contributed by atoms with Crippen LogP contribution in [-0.4, -0.2) is 55.3 Å². The van der Waals surface area contributed by atoms with Gasteiger partial charge < -0.3 is 19.1 Å². The van der Waals surface area contributed by atoms with Crippen LogP contribution in [0, 0.1) is 11.8 Å². The van der Waals surface area contributed by atoms with Crippen molar-refractivity contribution in [3.8, 4) is 0 Å². The van der Waals surface area contributed by atoms with Crippen molar-refractivity contribution >= 4 is 12.0 Å². The predicted octanol–water partition coefficient (Wildman–Crippen LogP) is 2.86. The highest BCUT2D eigenvalue weighted by Crippen LogP contribution is 2.41. The number of fused-ring (bicyclic) bond motifs is 1. The van der Waals surface area contributed by atoms with Gasteiger partial charge in [-0.1, -0.05) is 37.3 Å². The molecule has 0 bridgehead atoms. The Morgan fingerprint density at radius 2 is 2.04 bits per heavy atom. The van der Waals surface area contributed by atoms with Gasteiger partial charge in [0, 0.05) is 26.9 Å². The molecular weight excluding hydrogens is 344 g/mol. The quantitative estimate of drug-likeness (QED) is 0.742. The van der Waals surface area contributed by atoms with Gasteiger partial charge in [-0.25, -0.2) is 4.99 Å². The SMILES string of the molecule is CC(=O)OC(C)[C@H]1C[C@@H]2OC(N(C)C)=N[C@@H]2[C@@H](OCc2ccccc2)[C@@H]1C. The molecule has 0 radical (unpaired) electrons. The zero-order valence-electron chi connectivity index (χ0n) is 16.8. The maximum Gasteiger partial charge on any atom is 0.302 e. The van der Waals surface area contributed by atoms with E-state index in [1.807, 2.05) is 44.1 Å². The van der Waals surface area contributed by atoms with Crippen molar-refractivity contribution < 1.29 is 19.0 Å². The lowest BCUT2D eigenvalue weighted by molar-refractivity contribution is -0.155. The van der Waals surface area contributed by atoms with Crippen LogP contribution in [0.4, 0.5) is 0 Å². The van der Waals surface area contributed by atoms with E-state index in [9.17, 15) is 4.79 Å². The standard InChI is InChI=1S/C21H30N2O4/c1-13-17(14(2)26-15(3)24)11-18-19(22-21(27-18)23(4)5)20(13)25-12-16-9-7-6-8-10-16/h6-10,13-14,17-20H,11-12H2,1-5H3/t13-,14?,17+,18+,19+,20+/m1/s1. The lowest BCUT2D eigenvalue weighted by Gasteiger charge is -2.43. The van der Waals surface area contributed by atoms with Gasteiger partial charge in [-0.15, -0.1) is 0 Å². The highest BCUT2D eigenvalue weighted by atomic mass is 16.5. The van der Waals surface area contributed by atoms with Gasteiger partial charge in [0.2, 0.25) is 0 Å². The number of carbonyl (C=O) groups excluding carboxylic acids is 1. The summed E-state index contributed by atoms with van der Waals surface area (Å²) < 4.78 is 18.0. The van der Waals surface area contributed by atoms with E-state index in [0.29, 0.717) is 12.6 Å². The molecule has 0 aromatic heterocycles. The predicted molar refractivity (Wildman–Crippen MR) is 103 cm³/mol. The molecule has 1 aromatic rings. The molecule has 148 valence electrons. The molecule has 3 rings (SSSR count). The second kappa shape index (κ2) is 8.30. The van der Waals surface area contributed by atoms with E-state index in [1.54, 1.807) is 0 Å². The van der Waals surface area contributed by atoms with Gasteiger partial charge >= 0.3 is 5.97 Å². The minimum absolute atomic E-state index is 0.0399. The molecule has 1 saturated carbocycles. The maximum atomic E-state index is 11.5. The number of carbonyl (C=O) groups is 1. The summed E-state index contributed by atoms with van der Waals surface area (Å²) in [5.74, 6) is 0.0990. The molecule has 6 heteroatoms. The summed E-state index contributed by atoms with van der Waals surface area (Å²) in [4.78, 5) is 18.1. The third kappa shape index (κ3) is 4.43. The van der Waals surface area contributed by atoms with Crippen LogP contribution in [0.5, 0.6) is 0 Å². The van der Waals surface area contributed by atoms with E-state index in [2.05, 4.69) is 19.1 Å². The number of hydrogen-bond acceptors (Lipinski definition) is 6. The molecule has 27 heavy (non-hydrogen) atoms.